The van der Waals surface area contributed by atoms with Crippen LogP contribution in [0, 0.1) is 15.8 Å². The second-order valence-corrected chi connectivity index (χ2v) is 4.94. The number of aromatic nitrogens is 2. The normalized spacial score (nSPS) is 27.1. The number of H-pyrrole nitrogens is 1. The van der Waals surface area contributed by atoms with E-state index in [1.807, 2.05) is 0 Å². The summed E-state index contributed by atoms with van der Waals surface area (Å²) < 4.78 is 0.737. The molecule has 1 saturated carbocycles. The van der Waals surface area contributed by atoms with Crippen LogP contribution in [0.4, 0.5) is 5.13 Å². The molecule has 0 radical (unpaired) electrons. The lowest BCUT2D eigenvalue weighted by molar-refractivity contribution is 0.785. The summed E-state index contributed by atoms with van der Waals surface area (Å²) in [5.74, 6) is 1.74. The summed E-state index contributed by atoms with van der Waals surface area (Å²) >= 11 is 6.41. The van der Waals surface area contributed by atoms with Gasteiger partial charge in [-0.3, -0.25) is 5.10 Å². The van der Waals surface area contributed by atoms with Crippen molar-refractivity contribution in [2.75, 3.05) is 11.9 Å². The van der Waals surface area contributed by atoms with Crippen molar-refractivity contribution >= 4 is 28.7 Å². The van der Waals surface area contributed by atoms with Crippen molar-refractivity contribution in [1.82, 2.24) is 10.2 Å². The largest absolute Gasteiger partial charge is 0.360 e. The summed E-state index contributed by atoms with van der Waals surface area (Å²) in [5.41, 5.74) is 0. The van der Waals surface area contributed by atoms with E-state index in [1.165, 1.54) is 17.8 Å². The predicted octanol–water partition coefficient (Wildman–Crippen LogP) is 2.27. The quantitative estimate of drug-likeness (QED) is 0.737. The Morgan fingerprint density at radius 2 is 2.58 bits per heavy atom. The van der Waals surface area contributed by atoms with Gasteiger partial charge in [0.25, 0.3) is 0 Å². The summed E-state index contributed by atoms with van der Waals surface area (Å²) in [6, 6.07) is 0. The number of nitrogens with one attached hydrogen (secondary N) is 2. The van der Waals surface area contributed by atoms with Crippen LogP contribution < -0.4 is 5.32 Å². The van der Waals surface area contributed by atoms with Crippen LogP contribution in [0.2, 0.25) is 0 Å². The van der Waals surface area contributed by atoms with E-state index in [2.05, 4.69) is 22.4 Å². The highest BCUT2D eigenvalue weighted by Gasteiger charge is 2.31. The van der Waals surface area contributed by atoms with Crippen molar-refractivity contribution in [3.8, 4) is 0 Å². The van der Waals surface area contributed by atoms with Crippen molar-refractivity contribution in [1.29, 1.82) is 0 Å². The number of hydrogen-bond acceptors (Lipinski definition) is 4. The molecule has 1 fully saturated rings. The van der Waals surface area contributed by atoms with Crippen molar-refractivity contribution < 1.29 is 0 Å². The Hall–Kier alpha value is -0.420. The Morgan fingerprint density at radius 3 is 3.08 bits per heavy atom. The summed E-state index contributed by atoms with van der Waals surface area (Å²) in [5, 5.41) is 10.9. The molecule has 0 saturated heterocycles. The molecular formula is C7H11N3S2. The molecule has 2 N–H and O–H groups in total. The van der Waals surface area contributed by atoms with Crippen molar-refractivity contribution in [3.63, 3.8) is 0 Å². The van der Waals surface area contributed by atoms with Gasteiger partial charge < -0.3 is 5.32 Å². The Balaban J connectivity index is 1.84. The molecule has 12 heavy (non-hydrogen) atoms. The van der Waals surface area contributed by atoms with Gasteiger partial charge in [0.15, 0.2) is 3.95 Å². The summed E-state index contributed by atoms with van der Waals surface area (Å²) in [6.07, 6.45) is 1.35. The third-order valence-corrected chi connectivity index (χ3v) is 3.28. The highest BCUT2D eigenvalue weighted by Crippen LogP contribution is 2.37. The zero-order valence-electron chi connectivity index (χ0n) is 6.83. The highest BCUT2D eigenvalue weighted by atomic mass is 32.1. The number of rotatable bonds is 3. The number of nitrogens with zero attached hydrogens (tertiary/aromatic N) is 1. The smallest absolute Gasteiger partial charge is 0.204 e. The van der Waals surface area contributed by atoms with E-state index < -0.39 is 0 Å². The second kappa shape index (κ2) is 3.14. The van der Waals surface area contributed by atoms with Gasteiger partial charge in [0.05, 0.1) is 0 Å². The minimum Gasteiger partial charge on any atom is -0.360 e. The van der Waals surface area contributed by atoms with Gasteiger partial charge in [0, 0.05) is 6.54 Å². The molecule has 0 spiro atoms. The molecule has 3 nitrogen and oxygen atoms in total. The molecule has 1 aliphatic rings. The Bertz CT molecular complexity index is 316. The van der Waals surface area contributed by atoms with E-state index in [0.717, 1.165) is 27.5 Å². The molecule has 66 valence electrons. The third-order valence-electron chi connectivity index (χ3n) is 2.23. The zero-order chi connectivity index (χ0) is 8.55. The fraction of sp³-hybridized carbons (Fsp3) is 0.714. The van der Waals surface area contributed by atoms with E-state index in [-0.39, 0.29) is 0 Å². The van der Waals surface area contributed by atoms with Crippen LogP contribution >= 0.6 is 23.6 Å². The SMILES string of the molecule is CC1CC1CNc1n[nH]c(=S)s1. The van der Waals surface area contributed by atoms with Crippen LogP contribution in [-0.4, -0.2) is 16.7 Å². The lowest BCUT2D eigenvalue weighted by Gasteiger charge is -1.97. The molecule has 1 aromatic rings. The van der Waals surface area contributed by atoms with Crippen LogP contribution in [0.1, 0.15) is 13.3 Å². The maximum Gasteiger partial charge on any atom is 0.204 e. The zero-order valence-corrected chi connectivity index (χ0v) is 8.47. The molecule has 0 aliphatic heterocycles. The van der Waals surface area contributed by atoms with E-state index in [0.29, 0.717) is 0 Å². The van der Waals surface area contributed by atoms with Crippen molar-refractivity contribution in [3.05, 3.63) is 3.95 Å². The molecule has 0 amide bonds. The Labute approximate surface area is 80.2 Å². The first-order chi connectivity index (χ1) is 5.75. The van der Waals surface area contributed by atoms with Gasteiger partial charge in [0.2, 0.25) is 5.13 Å². The second-order valence-electron chi connectivity index (χ2n) is 3.27. The van der Waals surface area contributed by atoms with Crippen LogP contribution in [0.5, 0.6) is 0 Å². The lowest BCUT2D eigenvalue weighted by Crippen LogP contribution is -2.03. The summed E-state index contributed by atoms with van der Waals surface area (Å²) in [6.45, 7) is 3.32. The first kappa shape index (κ1) is 8.19. The first-order valence-corrected chi connectivity index (χ1v) is 5.27. The van der Waals surface area contributed by atoms with Gasteiger partial charge in [-0.15, -0.1) is 5.10 Å². The molecule has 1 aliphatic carbocycles. The fourth-order valence-corrected chi connectivity index (χ4v) is 2.00. The van der Waals surface area contributed by atoms with Gasteiger partial charge in [-0.1, -0.05) is 18.3 Å². The third kappa shape index (κ3) is 1.84. The monoisotopic (exact) mass is 201 g/mol. The Kier molecular flexibility index (Phi) is 2.14. The van der Waals surface area contributed by atoms with Gasteiger partial charge in [-0.2, -0.15) is 0 Å². The standard InChI is InChI=1S/C7H11N3S2/c1-4-2-5(4)3-8-6-9-10-7(11)12-6/h4-5H,2-3H2,1H3,(H,8,9)(H,10,11). The predicted molar refractivity (Wildman–Crippen MR) is 53.1 cm³/mol. The van der Waals surface area contributed by atoms with E-state index in [1.54, 1.807) is 0 Å². The average molecular weight is 201 g/mol. The van der Waals surface area contributed by atoms with Crippen molar-refractivity contribution in [2.45, 2.75) is 13.3 Å². The van der Waals surface area contributed by atoms with Crippen LogP contribution in [-0.2, 0) is 0 Å². The molecule has 5 heteroatoms. The van der Waals surface area contributed by atoms with Crippen LogP contribution in [0.15, 0.2) is 0 Å². The summed E-state index contributed by atoms with van der Waals surface area (Å²) in [7, 11) is 0. The number of hydrogen-bond donors (Lipinski definition) is 2. The summed E-state index contributed by atoms with van der Waals surface area (Å²) in [4.78, 5) is 0. The minimum absolute atomic E-state index is 0.737. The first-order valence-electron chi connectivity index (χ1n) is 4.05. The molecule has 2 unspecified atom stereocenters. The molecule has 0 aromatic carbocycles. The molecule has 2 rings (SSSR count). The van der Waals surface area contributed by atoms with E-state index >= 15 is 0 Å². The van der Waals surface area contributed by atoms with E-state index in [4.69, 9.17) is 12.2 Å². The van der Waals surface area contributed by atoms with Crippen LogP contribution in [0.3, 0.4) is 0 Å². The van der Waals surface area contributed by atoms with Gasteiger partial charge in [-0.05, 0) is 30.5 Å². The van der Waals surface area contributed by atoms with Crippen LogP contribution in [0.25, 0.3) is 0 Å². The highest BCUT2D eigenvalue weighted by molar-refractivity contribution is 7.73. The van der Waals surface area contributed by atoms with Gasteiger partial charge in [-0.25, -0.2) is 0 Å². The average Bonchev–Trinajstić information content (AvgIpc) is 2.56. The molecule has 2 atom stereocenters. The minimum atomic E-state index is 0.737. The number of aromatic amines is 1. The lowest BCUT2D eigenvalue weighted by atomic mass is 10.3. The molecule has 1 heterocycles. The van der Waals surface area contributed by atoms with Gasteiger partial charge in [0.1, 0.15) is 0 Å². The van der Waals surface area contributed by atoms with E-state index in [9.17, 15) is 0 Å². The molecule has 1 aromatic heterocycles. The molecule has 0 bridgehead atoms. The Morgan fingerprint density at radius 1 is 1.83 bits per heavy atom. The van der Waals surface area contributed by atoms with Gasteiger partial charge >= 0.3 is 0 Å². The van der Waals surface area contributed by atoms with Crippen molar-refractivity contribution in [2.24, 2.45) is 11.8 Å². The topological polar surface area (TPSA) is 40.7 Å². The maximum atomic E-state index is 4.91. The molecular weight excluding hydrogens is 190 g/mol. The maximum absolute atomic E-state index is 4.91. The number of anilines is 1. The fourth-order valence-electron chi connectivity index (χ4n) is 1.21.